The van der Waals surface area contributed by atoms with Crippen molar-refractivity contribution in [3.8, 4) is 0 Å². The zero-order valence-electron chi connectivity index (χ0n) is 3.76. The molecule has 0 atom stereocenters. The Morgan fingerprint density at radius 2 is 1.43 bits per heavy atom. The van der Waals surface area contributed by atoms with Crippen molar-refractivity contribution < 1.29 is 0 Å². The van der Waals surface area contributed by atoms with E-state index >= 15 is 0 Å². The first kappa shape index (κ1) is 10.1. The van der Waals surface area contributed by atoms with Gasteiger partial charge in [0.2, 0.25) is 0 Å². The summed E-state index contributed by atoms with van der Waals surface area (Å²) in [6.07, 6.45) is 0. The van der Waals surface area contributed by atoms with Crippen molar-refractivity contribution in [3.05, 3.63) is 6.92 Å². The summed E-state index contributed by atoms with van der Waals surface area (Å²) in [7, 11) is 0. The van der Waals surface area contributed by atoms with Gasteiger partial charge in [0.05, 0.1) is 0 Å². The second kappa shape index (κ2) is 3.14. The molecule has 5 heteroatoms. The molecular formula is C2H4Cl3RfSi-. The molecule has 0 aliphatic heterocycles. The fraction of sp³-hybridized carbons (Fsp3) is 0.500. The molecule has 0 fully saturated rings. The van der Waals surface area contributed by atoms with Crippen LogP contribution >= 0.6 is 33.2 Å². The average molecular weight is 429 g/mol. The van der Waals surface area contributed by atoms with Gasteiger partial charge in [-0.25, -0.2) is 0 Å². The van der Waals surface area contributed by atoms with Crippen molar-refractivity contribution in [2.24, 2.45) is 0 Å². The van der Waals surface area contributed by atoms with Crippen LogP contribution in [0.15, 0.2) is 0 Å². The van der Waals surface area contributed by atoms with Gasteiger partial charge in [-0.3, -0.25) is 0 Å². The van der Waals surface area contributed by atoms with E-state index in [-0.39, 0.29) is 0 Å². The fourth-order valence-electron chi connectivity index (χ4n) is 0. The average Bonchev–Trinajstić information content (AvgIpc) is 1.35. The summed E-state index contributed by atoms with van der Waals surface area (Å²) < 4.78 is 0. The molecule has 0 aromatic rings. The van der Waals surface area contributed by atoms with Gasteiger partial charge in [0.25, 0.3) is 0 Å². The Bertz CT molecular complexity index is 42.7. The van der Waals surface area contributed by atoms with Gasteiger partial charge < -0.3 is 6.92 Å². The van der Waals surface area contributed by atoms with E-state index in [2.05, 4.69) is 6.92 Å². The molecule has 0 nitrogen and oxygen atoms in total. The molecule has 40 valence electrons. The molecular weight excluding hydrogens is 425 g/mol. The number of halogens is 3. The van der Waals surface area contributed by atoms with Crippen LogP contribution in [0.2, 0.25) is 6.04 Å². The molecule has 0 heterocycles. The molecule has 7 heavy (non-hydrogen) atoms. The summed E-state index contributed by atoms with van der Waals surface area (Å²) in [6.45, 7) is 3.42. The number of hydrogen-bond acceptors (Lipinski definition) is 0. The molecule has 0 N–H and O–H groups in total. The molecule has 0 unspecified atom stereocenters. The van der Waals surface area contributed by atoms with E-state index in [9.17, 15) is 0 Å². The van der Waals surface area contributed by atoms with Crippen LogP contribution in [0.3, 0.4) is 0 Å². The number of hydrogen-bond donors (Lipinski definition) is 0. The molecule has 0 bridgehead atoms. The largest absolute Gasteiger partial charge is 0.343 e. The Kier molecular flexibility index (Phi) is 4.55. The predicted octanol–water partition coefficient (Wildman–Crippen LogP) is 2.48. The van der Waals surface area contributed by atoms with Gasteiger partial charge in [-0.2, -0.15) is 0 Å². The molecule has 0 spiro atoms. The third-order valence-electron chi connectivity index (χ3n) is 0.283. The minimum Gasteiger partial charge on any atom is -0.343 e. The molecule has 0 aliphatic rings. The summed E-state index contributed by atoms with van der Waals surface area (Å²) in [5.74, 6) is 0. The van der Waals surface area contributed by atoms with Gasteiger partial charge in [0, 0.05) is 0 Å². The van der Waals surface area contributed by atoms with Crippen LogP contribution in [0.25, 0.3) is 0 Å². The van der Waals surface area contributed by atoms with E-state index in [1.165, 1.54) is 0 Å². The smallest absolute Gasteiger partial charge is 0.313 e. The van der Waals surface area contributed by atoms with Crippen LogP contribution in [-0.2, 0) is 0 Å². The predicted molar refractivity (Wildman–Crippen MR) is 33.5 cm³/mol. The van der Waals surface area contributed by atoms with Crippen molar-refractivity contribution in [2.45, 2.75) is 6.04 Å². The van der Waals surface area contributed by atoms with Crippen LogP contribution in [0, 0.1) is 6.92 Å². The number of rotatable bonds is 1. The Morgan fingerprint density at radius 3 is 1.43 bits per heavy atom. The molecule has 0 rings (SSSR count). The summed E-state index contributed by atoms with van der Waals surface area (Å²) in [6, 6.07) is -1.87. The zero-order chi connectivity index (χ0) is 5.21. The molecule has 0 aromatic carbocycles. The second-order valence-corrected chi connectivity index (χ2v) is 10.1. The maximum Gasteiger partial charge on any atom is 0.313 e. The van der Waals surface area contributed by atoms with Crippen molar-refractivity contribution in [2.75, 3.05) is 0 Å². The van der Waals surface area contributed by atoms with E-state index in [1.807, 2.05) is 0 Å². The Labute approximate surface area is 52.5 Å². The van der Waals surface area contributed by atoms with Crippen molar-refractivity contribution >= 4 is 39.2 Å². The van der Waals surface area contributed by atoms with Gasteiger partial charge in [0.15, 0.2) is 0 Å². The Balaban J connectivity index is 0. The molecule has 0 saturated heterocycles. The van der Waals surface area contributed by atoms with Crippen molar-refractivity contribution in [1.29, 1.82) is 0 Å². The van der Waals surface area contributed by atoms with E-state index < -0.39 is 6.00 Å². The van der Waals surface area contributed by atoms with Gasteiger partial charge >= 0.3 is 6.00 Å². The fourth-order valence-corrected chi connectivity index (χ4v) is 0. The van der Waals surface area contributed by atoms with E-state index in [4.69, 9.17) is 33.2 Å². The van der Waals surface area contributed by atoms with Gasteiger partial charge in [0.1, 0.15) is 0 Å². The topological polar surface area (TPSA) is 0 Å². The normalized spacial score (nSPS) is 10.3. The Hall–Kier alpha value is 0.0869. The van der Waals surface area contributed by atoms with Crippen molar-refractivity contribution in [3.63, 3.8) is 0 Å². The quantitative estimate of drug-likeness (QED) is 0.341. The van der Waals surface area contributed by atoms with Gasteiger partial charge in [-0.15, -0.1) is 39.3 Å². The molecule has 0 aliphatic carbocycles. The minimum atomic E-state index is -2.33. The van der Waals surface area contributed by atoms with Crippen LogP contribution in [0.4, 0.5) is 0 Å². The first-order valence-corrected chi connectivity index (χ1v) is 6.66. The van der Waals surface area contributed by atoms with Crippen LogP contribution in [0.1, 0.15) is 0 Å². The van der Waals surface area contributed by atoms with Crippen LogP contribution < -0.4 is 0 Å². The molecule has 0 aromatic heterocycles. The first-order chi connectivity index (χ1) is 2.56. The molecule has 0 saturated carbocycles. The molecule has 0 amide bonds. The third-order valence-corrected chi connectivity index (χ3v) is 2.55. The zero-order valence-corrected chi connectivity index (χ0v) is 13.4. The van der Waals surface area contributed by atoms with E-state index in [1.54, 1.807) is 0 Å². The summed E-state index contributed by atoms with van der Waals surface area (Å²) in [4.78, 5) is 0. The van der Waals surface area contributed by atoms with E-state index in [0.29, 0.717) is 6.04 Å². The SMILES string of the molecule is [CH2-]C[Si](Cl)(Cl)Cl.[Rf]. The Morgan fingerprint density at radius 1 is 1.29 bits per heavy atom. The maximum atomic E-state index is 5.32. The van der Waals surface area contributed by atoms with Crippen molar-refractivity contribution in [1.82, 2.24) is 0 Å². The molecule has 0 radical (unpaired) electrons. The minimum absolute atomic E-state index is 0. The second-order valence-electron chi connectivity index (χ2n) is 0.865. The van der Waals surface area contributed by atoms with Crippen LogP contribution in [0.5, 0.6) is 0 Å². The standard InChI is InChI=1S/C2H4Cl3Si.Rf/c1-2-6(3,4)5;/h1-2H2;/q-1;. The van der Waals surface area contributed by atoms with E-state index in [0.717, 1.165) is 0 Å². The monoisotopic (exact) mass is 428 g/mol. The first-order valence-electron chi connectivity index (χ1n) is 1.42. The van der Waals surface area contributed by atoms with Gasteiger partial charge in [-0.1, -0.05) is 0 Å². The summed E-state index contributed by atoms with van der Waals surface area (Å²) in [5.41, 5.74) is 0. The van der Waals surface area contributed by atoms with Crippen LogP contribution in [-0.4, -0.2) is 6.00 Å². The summed E-state index contributed by atoms with van der Waals surface area (Å²) in [5, 5.41) is 0. The maximum absolute atomic E-state index is 5.32. The summed E-state index contributed by atoms with van der Waals surface area (Å²) >= 11 is 16.0. The third kappa shape index (κ3) is 10.7. The van der Waals surface area contributed by atoms with Gasteiger partial charge in [-0.05, 0) is 0 Å².